The van der Waals surface area contributed by atoms with Crippen LogP contribution in [0, 0.1) is 24.4 Å². The molecule has 0 aliphatic rings. The molecule has 4 aromatic carbocycles. The van der Waals surface area contributed by atoms with Crippen molar-refractivity contribution in [2.45, 2.75) is 42.4 Å². The minimum atomic E-state index is -1.35. The van der Waals surface area contributed by atoms with E-state index in [-0.39, 0.29) is 6.54 Å². The standard InChI is InChI=1S/C32H29F3N2O3S/c1-3-26(31(38)39)22-9-13-24(14-10-22)41-25-15-11-23(12-16-25)37(18-17-21-7-5-4-6-8-21)32(40)36-28-19-27(33)20(2)29(34)30(28)35/h4-16,19,26H,3,17-18H2,1-2H3,(H,36,40)(H,38,39). The highest BCUT2D eigenvalue weighted by Crippen LogP contribution is 2.32. The van der Waals surface area contributed by atoms with Crippen molar-refractivity contribution >= 4 is 35.1 Å². The number of rotatable bonds is 10. The van der Waals surface area contributed by atoms with Crippen LogP contribution in [0.15, 0.2) is 94.7 Å². The van der Waals surface area contributed by atoms with E-state index in [0.29, 0.717) is 18.5 Å². The molecule has 0 aromatic heterocycles. The van der Waals surface area contributed by atoms with Gasteiger partial charge in [-0.1, -0.05) is 61.2 Å². The van der Waals surface area contributed by atoms with Crippen molar-refractivity contribution in [2.75, 3.05) is 16.8 Å². The zero-order valence-electron chi connectivity index (χ0n) is 22.5. The lowest BCUT2D eigenvalue weighted by Gasteiger charge is -2.24. The van der Waals surface area contributed by atoms with Gasteiger partial charge in [-0.3, -0.25) is 9.69 Å². The fourth-order valence-electron chi connectivity index (χ4n) is 4.34. The maximum Gasteiger partial charge on any atom is 0.326 e. The largest absolute Gasteiger partial charge is 0.481 e. The van der Waals surface area contributed by atoms with E-state index in [4.69, 9.17) is 0 Å². The number of carbonyl (C=O) groups excluding carboxylic acids is 1. The predicted molar refractivity (Wildman–Crippen MR) is 155 cm³/mol. The van der Waals surface area contributed by atoms with Crippen molar-refractivity contribution in [3.05, 3.63) is 119 Å². The van der Waals surface area contributed by atoms with Gasteiger partial charge >= 0.3 is 12.0 Å². The first-order chi connectivity index (χ1) is 19.7. The average Bonchev–Trinajstić information content (AvgIpc) is 2.97. The van der Waals surface area contributed by atoms with E-state index >= 15 is 0 Å². The Bertz CT molecular complexity index is 1510. The number of carbonyl (C=O) groups is 2. The summed E-state index contributed by atoms with van der Waals surface area (Å²) >= 11 is 1.47. The quantitative estimate of drug-likeness (QED) is 0.185. The van der Waals surface area contributed by atoms with Crippen LogP contribution in [0.3, 0.4) is 0 Å². The Balaban J connectivity index is 1.54. The molecule has 0 spiro atoms. The number of carboxylic acids is 1. The number of aliphatic carboxylic acids is 1. The molecule has 9 heteroatoms. The van der Waals surface area contributed by atoms with Crippen LogP contribution in [0.25, 0.3) is 0 Å². The number of hydrogen-bond acceptors (Lipinski definition) is 3. The van der Waals surface area contributed by atoms with Crippen molar-refractivity contribution < 1.29 is 27.9 Å². The molecule has 1 atom stereocenters. The van der Waals surface area contributed by atoms with Crippen LogP contribution >= 0.6 is 11.8 Å². The highest BCUT2D eigenvalue weighted by atomic mass is 32.2. The van der Waals surface area contributed by atoms with Crippen molar-refractivity contribution in [1.29, 1.82) is 0 Å². The summed E-state index contributed by atoms with van der Waals surface area (Å²) < 4.78 is 42.7. The first kappa shape index (κ1) is 29.7. The Morgan fingerprint density at radius 1 is 0.902 bits per heavy atom. The van der Waals surface area contributed by atoms with Crippen molar-refractivity contribution in [1.82, 2.24) is 0 Å². The average molecular weight is 579 g/mol. The smallest absolute Gasteiger partial charge is 0.326 e. The summed E-state index contributed by atoms with van der Waals surface area (Å²) in [4.78, 5) is 27.9. The van der Waals surface area contributed by atoms with Gasteiger partial charge in [0.25, 0.3) is 0 Å². The van der Waals surface area contributed by atoms with E-state index in [1.807, 2.05) is 73.7 Å². The lowest BCUT2D eigenvalue weighted by molar-refractivity contribution is -0.138. The van der Waals surface area contributed by atoms with Gasteiger partial charge in [0.1, 0.15) is 5.82 Å². The number of nitrogens with one attached hydrogen (secondary N) is 1. The number of halogens is 3. The number of hydrogen-bond donors (Lipinski definition) is 2. The summed E-state index contributed by atoms with van der Waals surface area (Å²) in [6.07, 6.45) is 0.989. The number of urea groups is 1. The summed E-state index contributed by atoms with van der Waals surface area (Å²) in [6.45, 7) is 3.18. The monoisotopic (exact) mass is 578 g/mol. The van der Waals surface area contributed by atoms with E-state index in [2.05, 4.69) is 5.32 Å². The van der Waals surface area contributed by atoms with E-state index < -0.39 is 46.6 Å². The Morgan fingerprint density at radius 3 is 2.10 bits per heavy atom. The highest BCUT2D eigenvalue weighted by Gasteiger charge is 2.22. The second kappa shape index (κ2) is 13.4. The molecule has 0 saturated heterocycles. The molecule has 1 unspecified atom stereocenters. The SMILES string of the molecule is CCC(C(=O)O)c1ccc(Sc2ccc(N(CCc3ccccc3)C(=O)Nc3cc(F)c(C)c(F)c3F)cc2)cc1. The molecule has 0 aliphatic heterocycles. The maximum atomic E-state index is 14.5. The van der Waals surface area contributed by atoms with E-state index in [0.717, 1.165) is 33.9 Å². The second-order valence-electron chi connectivity index (χ2n) is 9.44. The molecule has 0 heterocycles. The van der Waals surface area contributed by atoms with Crippen molar-refractivity contribution in [3.63, 3.8) is 0 Å². The molecule has 0 radical (unpaired) electrons. The minimum absolute atomic E-state index is 0.227. The van der Waals surface area contributed by atoms with Gasteiger partial charge in [0, 0.05) is 33.7 Å². The zero-order valence-corrected chi connectivity index (χ0v) is 23.4. The molecule has 41 heavy (non-hydrogen) atoms. The van der Waals surface area contributed by atoms with E-state index in [1.165, 1.54) is 16.7 Å². The number of amides is 2. The fraction of sp³-hybridized carbons (Fsp3) is 0.188. The summed E-state index contributed by atoms with van der Waals surface area (Å²) in [5, 5.41) is 11.7. The minimum Gasteiger partial charge on any atom is -0.481 e. The first-order valence-corrected chi connectivity index (χ1v) is 13.9. The Labute approximate surface area is 241 Å². The first-order valence-electron chi connectivity index (χ1n) is 13.0. The molecule has 212 valence electrons. The van der Waals surface area contributed by atoms with Gasteiger partial charge in [-0.2, -0.15) is 0 Å². The molecule has 0 bridgehead atoms. The lowest BCUT2D eigenvalue weighted by Crippen LogP contribution is -2.37. The van der Waals surface area contributed by atoms with Crippen LogP contribution in [0.2, 0.25) is 0 Å². The summed E-state index contributed by atoms with van der Waals surface area (Å²) in [6, 6.07) is 24.0. The predicted octanol–water partition coefficient (Wildman–Crippen LogP) is 8.42. The van der Waals surface area contributed by atoms with Gasteiger partial charge in [0.2, 0.25) is 0 Å². The summed E-state index contributed by atoms with van der Waals surface area (Å²) in [7, 11) is 0. The third-order valence-corrected chi connectivity index (χ3v) is 7.73. The molecule has 4 rings (SSSR count). The molecule has 0 fully saturated rings. The van der Waals surface area contributed by atoms with Crippen LogP contribution in [-0.2, 0) is 11.2 Å². The molecule has 0 saturated carbocycles. The molecule has 0 aliphatic carbocycles. The van der Waals surface area contributed by atoms with Gasteiger partial charge in [-0.25, -0.2) is 18.0 Å². The van der Waals surface area contributed by atoms with Gasteiger partial charge in [-0.05, 0) is 67.3 Å². The van der Waals surface area contributed by atoms with Crippen LogP contribution < -0.4 is 10.2 Å². The topological polar surface area (TPSA) is 69.6 Å². The molecular weight excluding hydrogens is 549 g/mol. The molecule has 4 aromatic rings. The van der Waals surface area contributed by atoms with Crippen LogP contribution in [0.5, 0.6) is 0 Å². The zero-order chi connectivity index (χ0) is 29.5. The Kier molecular flexibility index (Phi) is 9.73. The number of nitrogens with zero attached hydrogens (tertiary/aromatic N) is 1. The van der Waals surface area contributed by atoms with Gasteiger partial charge < -0.3 is 10.4 Å². The molecule has 2 amide bonds. The number of anilines is 2. The van der Waals surface area contributed by atoms with Crippen molar-refractivity contribution in [2.24, 2.45) is 0 Å². The second-order valence-corrected chi connectivity index (χ2v) is 10.6. The van der Waals surface area contributed by atoms with Crippen molar-refractivity contribution in [3.8, 4) is 0 Å². The normalized spacial score (nSPS) is 11.6. The third kappa shape index (κ3) is 7.29. The van der Waals surface area contributed by atoms with E-state index in [9.17, 15) is 27.9 Å². The number of benzene rings is 4. The van der Waals surface area contributed by atoms with Gasteiger partial charge in [0.05, 0.1) is 11.6 Å². The Hall–Kier alpha value is -4.24. The lowest BCUT2D eigenvalue weighted by atomic mass is 9.97. The summed E-state index contributed by atoms with van der Waals surface area (Å²) in [5.74, 6) is -5.05. The van der Waals surface area contributed by atoms with Crippen LogP contribution in [-0.4, -0.2) is 23.7 Å². The van der Waals surface area contributed by atoms with E-state index in [1.54, 1.807) is 12.1 Å². The third-order valence-electron chi connectivity index (χ3n) is 6.71. The number of carboxylic acid groups (broad SMARTS) is 1. The summed E-state index contributed by atoms with van der Waals surface area (Å²) in [5.41, 5.74) is 1.19. The van der Waals surface area contributed by atoms with Gasteiger partial charge in [-0.15, -0.1) is 0 Å². The van der Waals surface area contributed by atoms with Gasteiger partial charge in [0.15, 0.2) is 11.6 Å². The fourth-order valence-corrected chi connectivity index (χ4v) is 5.16. The molecule has 5 nitrogen and oxygen atoms in total. The molecule has 2 N–H and O–H groups in total. The Morgan fingerprint density at radius 2 is 1.51 bits per heavy atom. The maximum absolute atomic E-state index is 14.5. The van der Waals surface area contributed by atoms with Crippen LogP contribution in [0.1, 0.15) is 36.0 Å². The van der Waals surface area contributed by atoms with Crippen LogP contribution in [0.4, 0.5) is 29.3 Å². The molecular formula is C32H29F3N2O3S. The highest BCUT2D eigenvalue weighted by molar-refractivity contribution is 7.99.